The van der Waals surface area contributed by atoms with Crippen LogP contribution in [0.3, 0.4) is 0 Å². The van der Waals surface area contributed by atoms with Gasteiger partial charge in [0.1, 0.15) is 0 Å². The SMILES string of the molecule is CCP(CC)CC.CCP(CC)CC.CCP(CC)CC.CCP(CC)CC.[CH2-]CCC.[CH2-]CCC.[CH2-]CCC.[CH2-]CCC.[Mn+2].[Mn].[Mn].[Mn].[NH2-].[NH2-].[NH2-].[NH2-]. The Morgan fingerprint density at radius 3 is 0.308 bits per heavy atom. The standard InChI is InChI=1S/4C6H15P.4C4H9.4Mn.4H2N/c4*1-4-7(5-2)6-3;4*1-3-4-2;;;;;;;;/h4*4-6H2,1-3H3;4*1,3-4H2,2H3;;;;;4*1H2/q;;;;4*-1;;;;+2;4*-1. The summed E-state index contributed by atoms with van der Waals surface area (Å²) in [7, 11) is 1.78. The van der Waals surface area contributed by atoms with E-state index in [1.54, 1.807) is 0 Å². The Kier molecular flexibility index (Phi) is 252. The largest absolute Gasteiger partial charge is 2.00 e. The third-order valence-corrected chi connectivity index (χ3v) is 17.5. The van der Waals surface area contributed by atoms with Gasteiger partial charge in [-0.15, -0.1) is 31.7 Å². The van der Waals surface area contributed by atoms with Crippen LogP contribution in [0, 0.1) is 27.7 Å². The first kappa shape index (κ1) is 106. The summed E-state index contributed by atoms with van der Waals surface area (Å²) < 4.78 is 0. The number of nitrogens with two attached hydrogens (primary N) is 4. The molecule has 4 nitrogen and oxygen atoms in total. The van der Waals surface area contributed by atoms with Crippen molar-refractivity contribution in [2.45, 2.75) is 162 Å². The molecule has 0 aromatic carbocycles. The predicted octanol–water partition coefficient (Wildman–Crippen LogP) is 19.5. The van der Waals surface area contributed by atoms with Crippen LogP contribution in [-0.2, 0) is 68.3 Å². The van der Waals surface area contributed by atoms with Gasteiger partial charge < -0.3 is 52.3 Å². The second kappa shape index (κ2) is 124. The molecule has 0 saturated carbocycles. The molecule has 0 aromatic heterocycles. The van der Waals surface area contributed by atoms with Crippen molar-refractivity contribution in [3.63, 3.8) is 0 Å². The molecule has 0 saturated heterocycles. The van der Waals surface area contributed by atoms with Crippen LogP contribution in [0.2, 0.25) is 0 Å². The second-order valence-electron chi connectivity index (χ2n) is 9.89. The fourth-order valence-corrected chi connectivity index (χ4v) is 8.05. The molecule has 8 N–H and O–H groups in total. The normalized spacial score (nSPS) is 7.85. The van der Waals surface area contributed by atoms with E-state index in [1.807, 2.05) is 0 Å². The maximum Gasteiger partial charge on any atom is 2.00 e. The fraction of sp³-hybridized carbons (Fsp3) is 0.900. The van der Waals surface area contributed by atoms with Crippen molar-refractivity contribution in [3.8, 4) is 0 Å². The minimum Gasteiger partial charge on any atom is -0.693 e. The van der Waals surface area contributed by atoms with Gasteiger partial charge in [0.25, 0.3) is 0 Å². The number of hydrogen-bond donors (Lipinski definition) is 0. The molecule has 0 amide bonds. The van der Waals surface area contributed by atoms with Gasteiger partial charge in [0.2, 0.25) is 0 Å². The molecule has 0 unspecified atom stereocenters. The van der Waals surface area contributed by atoms with E-state index in [1.165, 1.54) is 99.6 Å². The van der Waals surface area contributed by atoms with Gasteiger partial charge in [0.15, 0.2) is 0 Å². The van der Waals surface area contributed by atoms with Crippen molar-refractivity contribution in [1.29, 1.82) is 0 Å². The molecule has 0 bridgehead atoms. The quantitative estimate of drug-likeness (QED) is 0.0827. The molecule has 0 atom stereocenters. The van der Waals surface area contributed by atoms with E-state index in [0.717, 1.165) is 25.7 Å². The van der Waals surface area contributed by atoms with Gasteiger partial charge in [-0.1, -0.05) is 136 Å². The van der Waals surface area contributed by atoms with Crippen molar-refractivity contribution in [2.75, 3.05) is 73.9 Å². The first-order valence-electron chi connectivity index (χ1n) is 19.1. The molecule has 0 aliphatic carbocycles. The maximum atomic E-state index is 3.60. The van der Waals surface area contributed by atoms with Gasteiger partial charge >= 0.3 is 17.1 Å². The van der Waals surface area contributed by atoms with Gasteiger partial charge in [-0.2, -0.15) is 25.7 Å². The van der Waals surface area contributed by atoms with E-state index in [-0.39, 0.29) is 92.9 Å². The zero-order chi connectivity index (χ0) is 36.5. The van der Waals surface area contributed by atoms with E-state index in [9.17, 15) is 0 Å². The third kappa shape index (κ3) is 148. The summed E-state index contributed by atoms with van der Waals surface area (Å²) in [6.07, 6.45) is 26.1. The third-order valence-electron chi connectivity index (χ3n) is 6.78. The molecular formula is C40H104Mn4N4P4-6. The Morgan fingerprint density at radius 1 is 0.250 bits per heavy atom. The van der Waals surface area contributed by atoms with E-state index < -0.39 is 0 Å². The summed E-state index contributed by atoms with van der Waals surface area (Å²) >= 11 is 0. The summed E-state index contributed by atoms with van der Waals surface area (Å²) in [4.78, 5) is 0. The van der Waals surface area contributed by atoms with Crippen LogP contribution in [0.1, 0.15) is 162 Å². The monoisotopic (exact) mass is 984 g/mol. The molecule has 0 heterocycles. The van der Waals surface area contributed by atoms with Gasteiger partial charge in [-0.3, -0.25) is 0 Å². The van der Waals surface area contributed by atoms with E-state index in [4.69, 9.17) is 0 Å². The summed E-state index contributed by atoms with van der Waals surface area (Å²) in [5.41, 5.74) is 0. The Hall–Kier alpha value is 3.64. The van der Waals surface area contributed by atoms with Crippen LogP contribution in [0.25, 0.3) is 24.6 Å². The van der Waals surface area contributed by atoms with Crippen molar-refractivity contribution >= 4 is 31.7 Å². The summed E-state index contributed by atoms with van der Waals surface area (Å²) in [5.74, 6) is 0. The molecule has 4 radical (unpaired) electrons. The topological polar surface area (TPSA) is 134 Å². The molecule has 0 rings (SSSR count). The van der Waals surface area contributed by atoms with Gasteiger partial charge in [-0.25, -0.2) is 0 Å². The summed E-state index contributed by atoms with van der Waals surface area (Å²) in [6.45, 7) is 50.4. The maximum absolute atomic E-state index is 3.60. The molecule has 338 valence electrons. The minimum absolute atomic E-state index is 0. The van der Waals surface area contributed by atoms with Gasteiger partial charge in [0.05, 0.1) is 0 Å². The molecule has 0 aliphatic rings. The Morgan fingerprint density at radius 2 is 0.308 bits per heavy atom. The average molecular weight is 985 g/mol. The molecule has 0 fully saturated rings. The van der Waals surface area contributed by atoms with Crippen LogP contribution in [0.4, 0.5) is 0 Å². The molecule has 0 spiro atoms. The first-order valence-corrected chi connectivity index (χ1v) is 26.7. The predicted molar refractivity (Wildman–Crippen MR) is 256 cm³/mol. The molecular weight excluding hydrogens is 880 g/mol. The number of unbranched alkanes of at least 4 members (excludes halogenated alkanes) is 4. The van der Waals surface area contributed by atoms with Crippen LogP contribution >= 0.6 is 31.7 Å². The molecule has 0 aromatic rings. The van der Waals surface area contributed by atoms with Gasteiger partial charge in [0, 0.05) is 51.2 Å². The minimum atomic E-state index is 0. The zero-order valence-electron chi connectivity index (χ0n) is 38.6. The van der Waals surface area contributed by atoms with Crippen molar-refractivity contribution in [3.05, 3.63) is 52.3 Å². The van der Waals surface area contributed by atoms with E-state index >= 15 is 0 Å². The van der Waals surface area contributed by atoms with Crippen LogP contribution < -0.4 is 0 Å². The van der Waals surface area contributed by atoms with Crippen molar-refractivity contribution in [1.82, 2.24) is 0 Å². The summed E-state index contributed by atoms with van der Waals surface area (Å²) in [6, 6.07) is 0. The second-order valence-corrected chi connectivity index (χ2v) is 22.8. The van der Waals surface area contributed by atoms with Crippen LogP contribution in [0.15, 0.2) is 0 Å². The van der Waals surface area contributed by atoms with Crippen LogP contribution in [0.5, 0.6) is 0 Å². The van der Waals surface area contributed by atoms with Gasteiger partial charge in [-0.05, 0) is 73.9 Å². The molecule has 12 heteroatoms. The van der Waals surface area contributed by atoms with E-state index in [0.29, 0.717) is 31.7 Å². The van der Waals surface area contributed by atoms with Crippen molar-refractivity contribution in [2.24, 2.45) is 0 Å². The smallest absolute Gasteiger partial charge is 0.693 e. The Balaban J connectivity index is -0.0000000201. The van der Waals surface area contributed by atoms with Crippen LogP contribution in [-0.4, -0.2) is 73.9 Å². The summed E-state index contributed by atoms with van der Waals surface area (Å²) in [5, 5.41) is 0. The zero-order valence-corrected chi connectivity index (χ0v) is 46.9. The number of rotatable bonds is 16. The molecule has 52 heavy (non-hydrogen) atoms. The fourth-order valence-electron chi connectivity index (χ4n) is 2.68. The average Bonchev–Trinajstić information content (AvgIpc) is 3.09. The molecule has 0 aliphatic heterocycles. The number of hydrogen-bond acceptors (Lipinski definition) is 0. The first-order chi connectivity index (χ1) is 21.0. The van der Waals surface area contributed by atoms with Crippen molar-refractivity contribution < 1.29 is 68.3 Å². The Bertz CT molecular complexity index is 270. The van der Waals surface area contributed by atoms with E-state index in [2.05, 4.69) is 138 Å². The Labute approximate surface area is 385 Å².